The summed E-state index contributed by atoms with van der Waals surface area (Å²) in [4.78, 5) is 23.0. The Kier molecular flexibility index (Phi) is 3.83. The number of nitroso groups, excluding NO2 is 1. The lowest BCUT2D eigenvalue weighted by atomic mass is 9.97. The number of benzene rings is 3. The maximum Gasteiger partial charge on any atom is 0.339 e. The van der Waals surface area contributed by atoms with Gasteiger partial charge in [-0.2, -0.15) is 4.91 Å². The summed E-state index contributed by atoms with van der Waals surface area (Å²) in [5.41, 5.74) is 0.534. The monoisotopic (exact) mass is 293 g/mol. The Bertz CT molecular complexity index is 803. The summed E-state index contributed by atoms with van der Waals surface area (Å²) in [5.74, 6) is -0.427. The number of carbonyl (C=O) groups excluding carboxylic acids is 1. The van der Waals surface area contributed by atoms with Crippen LogP contribution in [0.1, 0.15) is 17.3 Å². The molecule has 110 valence electrons. The Morgan fingerprint density at radius 1 is 1.05 bits per heavy atom. The SMILES string of the molecule is CC(COC(=O)c1c2ccccc2cc2ccccc12)N=O. The topological polar surface area (TPSA) is 55.7 Å². The van der Waals surface area contributed by atoms with E-state index < -0.39 is 12.0 Å². The highest BCUT2D eigenvalue weighted by atomic mass is 16.5. The lowest BCUT2D eigenvalue weighted by molar-refractivity contribution is 0.0492. The van der Waals surface area contributed by atoms with E-state index in [1.807, 2.05) is 48.5 Å². The number of rotatable bonds is 4. The Morgan fingerprint density at radius 3 is 2.14 bits per heavy atom. The van der Waals surface area contributed by atoms with Gasteiger partial charge in [-0.25, -0.2) is 4.79 Å². The molecule has 0 aliphatic carbocycles. The fourth-order valence-corrected chi connectivity index (χ4v) is 2.53. The van der Waals surface area contributed by atoms with Gasteiger partial charge >= 0.3 is 5.97 Å². The van der Waals surface area contributed by atoms with Gasteiger partial charge in [-0.15, -0.1) is 0 Å². The summed E-state index contributed by atoms with van der Waals surface area (Å²) in [6.07, 6.45) is 0. The van der Waals surface area contributed by atoms with Crippen LogP contribution in [0.3, 0.4) is 0 Å². The van der Waals surface area contributed by atoms with Gasteiger partial charge in [0.15, 0.2) is 0 Å². The van der Waals surface area contributed by atoms with Crippen molar-refractivity contribution >= 4 is 27.5 Å². The first-order chi connectivity index (χ1) is 10.7. The fourth-order valence-electron chi connectivity index (χ4n) is 2.53. The molecular weight excluding hydrogens is 278 g/mol. The van der Waals surface area contributed by atoms with Crippen molar-refractivity contribution in [1.82, 2.24) is 0 Å². The number of hydrogen-bond donors (Lipinski definition) is 0. The van der Waals surface area contributed by atoms with Gasteiger partial charge < -0.3 is 4.74 Å². The van der Waals surface area contributed by atoms with Crippen LogP contribution in [0.2, 0.25) is 0 Å². The standard InChI is InChI=1S/C18H15NO3/c1-12(19-21)11-22-18(20)17-15-8-4-2-6-13(15)10-14-7-3-5-9-16(14)17/h2-10,12H,11H2,1H3. The van der Waals surface area contributed by atoms with E-state index in [2.05, 4.69) is 11.2 Å². The van der Waals surface area contributed by atoms with Gasteiger partial charge in [0, 0.05) is 0 Å². The maximum absolute atomic E-state index is 12.5. The number of nitrogens with zero attached hydrogens (tertiary/aromatic N) is 1. The molecule has 1 atom stereocenters. The summed E-state index contributed by atoms with van der Waals surface area (Å²) >= 11 is 0. The molecule has 4 heteroatoms. The van der Waals surface area contributed by atoms with Crippen molar-refractivity contribution in [2.75, 3.05) is 6.61 Å². The first-order valence-corrected chi connectivity index (χ1v) is 7.11. The van der Waals surface area contributed by atoms with Crippen LogP contribution in [-0.2, 0) is 4.74 Å². The maximum atomic E-state index is 12.5. The van der Waals surface area contributed by atoms with E-state index in [0.717, 1.165) is 21.5 Å². The Hall–Kier alpha value is -2.75. The average Bonchev–Trinajstić information content (AvgIpc) is 2.57. The second-order valence-corrected chi connectivity index (χ2v) is 5.25. The molecule has 0 spiro atoms. The van der Waals surface area contributed by atoms with Crippen molar-refractivity contribution < 1.29 is 9.53 Å². The van der Waals surface area contributed by atoms with Crippen molar-refractivity contribution in [2.24, 2.45) is 5.18 Å². The zero-order chi connectivity index (χ0) is 15.5. The molecule has 1 unspecified atom stereocenters. The van der Waals surface area contributed by atoms with Gasteiger partial charge in [-0.1, -0.05) is 53.7 Å². The lowest BCUT2D eigenvalue weighted by Crippen LogP contribution is -2.14. The molecular formula is C18H15NO3. The average molecular weight is 293 g/mol. The van der Waals surface area contributed by atoms with Crippen molar-refractivity contribution in [3.05, 3.63) is 65.1 Å². The minimum atomic E-state index is -0.551. The third kappa shape index (κ3) is 2.55. The van der Waals surface area contributed by atoms with E-state index >= 15 is 0 Å². The van der Waals surface area contributed by atoms with Crippen LogP contribution in [0.25, 0.3) is 21.5 Å². The number of esters is 1. The molecule has 0 amide bonds. The Balaban J connectivity index is 2.15. The van der Waals surface area contributed by atoms with Crippen LogP contribution in [0.15, 0.2) is 59.8 Å². The van der Waals surface area contributed by atoms with Crippen LogP contribution in [0.5, 0.6) is 0 Å². The zero-order valence-electron chi connectivity index (χ0n) is 12.2. The van der Waals surface area contributed by atoms with Gasteiger partial charge in [0.25, 0.3) is 0 Å². The summed E-state index contributed by atoms with van der Waals surface area (Å²) in [6.45, 7) is 1.60. The molecule has 22 heavy (non-hydrogen) atoms. The van der Waals surface area contributed by atoms with Crippen LogP contribution in [0.4, 0.5) is 0 Å². The minimum absolute atomic E-state index is 0.0140. The highest BCUT2D eigenvalue weighted by Crippen LogP contribution is 2.29. The molecule has 0 saturated carbocycles. The molecule has 0 saturated heterocycles. The molecule has 0 radical (unpaired) electrons. The number of ether oxygens (including phenoxy) is 1. The molecule has 0 fully saturated rings. The molecule has 3 aromatic rings. The van der Waals surface area contributed by atoms with Crippen LogP contribution >= 0.6 is 0 Å². The minimum Gasteiger partial charge on any atom is -0.460 e. The molecule has 0 N–H and O–H groups in total. The summed E-state index contributed by atoms with van der Waals surface area (Å²) in [5, 5.41) is 6.50. The number of fused-ring (bicyclic) bond motifs is 2. The molecule has 0 aliphatic rings. The van der Waals surface area contributed by atoms with E-state index in [-0.39, 0.29) is 6.61 Å². The van der Waals surface area contributed by atoms with Gasteiger partial charge in [0.2, 0.25) is 0 Å². The summed E-state index contributed by atoms with van der Waals surface area (Å²) < 4.78 is 5.26. The van der Waals surface area contributed by atoms with Crippen molar-refractivity contribution in [3.8, 4) is 0 Å². The number of carbonyl (C=O) groups is 1. The highest BCUT2D eigenvalue weighted by molar-refractivity contribution is 6.16. The van der Waals surface area contributed by atoms with E-state index in [9.17, 15) is 9.70 Å². The quantitative estimate of drug-likeness (QED) is 0.409. The normalized spacial score (nSPS) is 12.2. The molecule has 0 heterocycles. The lowest BCUT2D eigenvalue weighted by Gasteiger charge is -2.11. The largest absolute Gasteiger partial charge is 0.460 e. The first kappa shape index (κ1) is 14.2. The van der Waals surface area contributed by atoms with Gasteiger partial charge in [-0.3, -0.25) is 0 Å². The van der Waals surface area contributed by atoms with Crippen LogP contribution in [-0.4, -0.2) is 18.6 Å². The smallest absolute Gasteiger partial charge is 0.339 e. The van der Waals surface area contributed by atoms with Crippen LogP contribution in [0, 0.1) is 4.91 Å². The second kappa shape index (κ2) is 5.93. The zero-order valence-corrected chi connectivity index (χ0v) is 12.2. The molecule has 0 bridgehead atoms. The summed E-state index contributed by atoms with van der Waals surface area (Å²) in [7, 11) is 0. The Labute approximate surface area is 127 Å². The van der Waals surface area contributed by atoms with Crippen molar-refractivity contribution in [3.63, 3.8) is 0 Å². The number of hydrogen-bond acceptors (Lipinski definition) is 4. The van der Waals surface area contributed by atoms with E-state index in [0.29, 0.717) is 5.56 Å². The molecule has 4 nitrogen and oxygen atoms in total. The van der Waals surface area contributed by atoms with Gasteiger partial charge in [0.1, 0.15) is 12.6 Å². The molecule has 0 aliphatic heterocycles. The molecule has 3 rings (SSSR count). The van der Waals surface area contributed by atoms with Gasteiger partial charge in [-0.05, 0) is 34.5 Å². The first-order valence-electron chi connectivity index (χ1n) is 7.11. The molecule has 3 aromatic carbocycles. The molecule has 0 aromatic heterocycles. The van der Waals surface area contributed by atoms with E-state index in [1.54, 1.807) is 6.92 Å². The van der Waals surface area contributed by atoms with E-state index in [1.165, 1.54) is 0 Å². The van der Waals surface area contributed by atoms with Crippen molar-refractivity contribution in [1.29, 1.82) is 0 Å². The fraction of sp³-hybridized carbons (Fsp3) is 0.167. The van der Waals surface area contributed by atoms with Crippen molar-refractivity contribution in [2.45, 2.75) is 13.0 Å². The predicted molar refractivity (Wildman–Crippen MR) is 87.0 cm³/mol. The third-order valence-corrected chi connectivity index (χ3v) is 3.61. The summed E-state index contributed by atoms with van der Waals surface area (Å²) in [6, 6.07) is 16.9. The van der Waals surface area contributed by atoms with Crippen LogP contribution < -0.4 is 0 Å². The highest BCUT2D eigenvalue weighted by Gasteiger charge is 2.17. The van der Waals surface area contributed by atoms with Gasteiger partial charge in [0.05, 0.1) is 5.56 Å². The second-order valence-electron chi connectivity index (χ2n) is 5.25. The van der Waals surface area contributed by atoms with E-state index in [4.69, 9.17) is 4.74 Å². The Morgan fingerprint density at radius 2 is 1.59 bits per heavy atom. The third-order valence-electron chi connectivity index (χ3n) is 3.61. The predicted octanol–water partition coefficient (Wildman–Crippen LogP) is 4.30.